The molecule has 2 rings (SSSR count). The van der Waals surface area contributed by atoms with Crippen molar-refractivity contribution in [1.82, 2.24) is 5.32 Å². The van der Waals surface area contributed by atoms with Crippen LogP contribution >= 0.6 is 11.8 Å². The lowest BCUT2D eigenvalue weighted by atomic mass is 9.79. The minimum atomic E-state index is 0.227. The van der Waals surface area contributed by atoms with Crippen molar-refractivity contribution in [3.8, 4) is 0 Å². The van der Waals surface area contributed by atoms with Gasteiger partial charge in [-0.2, -0.15) is 11.8 Å². The summed E-state index contributed by atoms with van der Waals surface area (Å²) in [6.45, 7) is 7.64. The van der Waals surface area contributed by atoms with E-state index in [0.717, 1.165) is 25.6 Å². The molecule has 1 N–H and O–H groups in total. The molecule has 0 amide bonds. The Kier molecular flexibility index (Phi) is 6.24. The van der Waals surface area contributed by atoms with E-state index >= 15 is 0 Å². The molecule has 0 aliphatic carbocycles. The number of hydrogen-bond donors (Lipinski definition) is 1. The Labute approximate surface area is 122 Å². The highest BCUT2D eigenvalue weighted by Crippen LogP contribution is 2.41. The van der Waals surface area contributed by atoms with Crippen LogP contribution < -0.4 is 5.32 Å². The Hall–Kier alpha value is 0.01000. The molecular formula is C16H29NOS. The van der Waals surface area contributed by atoms with Crippen LogP contribution in [-0.2, 0) is 4.74 Å². The Balaban J connectivity index is 1.85. The molecule has 0 bridgehead atoms. The zero-order chi connectivity index (χ0) is 13.6. The van der Waals surface area contributed by atoms with Crippen LogP contribution in [0.25, 0.3) is 0 Å². The lowest BCUT2D eigenvalue weighted by molar-refractivity contribution is -0.0965. The molecule has 0 radical (unpaired) electrons. The third-order valence-electron chi connectivity index (χ3n) is 4.58. The summed E-state index contributed by atoms with van der Waals surface area (Å²) < 4.78 is 6.18. The summed E-state index contributed by atoms with van der Waals surface area (Å²) in [7, 11) is 0. The molecule has 0 aromatic carbocycles. The first-order valence-electron chi connectivity index (χ1n) is 7.85. The van der Waals surface area contributed by atoms with Gasteiger partial charge in [0.2, 0.25) is 0 Å². The van der Waals surface area contributed by atoms with Crippen LogP contribution in [0.2, 0.25) is 0 Å². The summed E-state index contributed by atoms with van der Waals surface area (Å²) in [5.74, 6) is 3.34. The molecule has 2 nitrogen and oxygen atoms in total. The van der Waals surface area contributed by atoms with E-state index in [0.29, 0.717) is 0 Å². The molecular weight excluding hydrogens is 254 g/mol. The van der Waals surface area contributed by atoms with Crippen molar-refractivity contribution in [1.29, 1.82) is 0 Å². The van der Waals surface area contributed by atoms with E-state index in [1.807, 2.05) is 0 Å². The molecule has 0 saturated carbocycles. The van der Waals surface area contributed by atoms with Gasteiger partial charge >= 0.3 is 0 Å². The van der Waals surface area contributed by atoms with Gasteiger partial charge in [-0.1, -0.05) is 18.6 Å². The maximum Gasteiger partial charge on any atom is 0.0704 e. The Bertz CT molecular complexity index is 292. The number of ether oxygens (including phenoxy) is 1. The van der Waals surface area contributed by atoms with Crippen molar-refractivity contribution in [2.45, 2.75) is 51.6 Å². The third-order valence-corrected chi connectivity index (χ3v) is 5.56. The fourth-order valence-corrected chi connectivity index (χ4v) is 4.49. The average molecular weight is 283 g/mol. The number of thioether (sulfide) groups is 1. The van der Waals surface area contributed by atoms with Gasteiger partial charge in [0.25, 0.3) is 0 Å². The van der Waals surface area contributed by atoms with Gasteiger partial charge in [-0.15, -0.1) is 0 Å². The van der Waals surface area contributed by atoms with Crippen LogP contribution in [0.1, 0.15) is 46.0 Å². The van der Waals surface area contributed by atoms with E-state index in [2.05, 4.69) is 37.0 Å². The van der Waals surface area contributed by atoms with Crippen molar-refractivity contribution < 1.29 is 4.74 Å². The fraction of sp³-hybridized carbons (Fsp3) is 0.875. The monoisotopic (exact) mass is 283 g/mol. The van der Waals surface area contributed by atoms with Gasteiger partial charge in [0.1, 0.15) is 0 Å². The van der Waals surface area contributed by atoms with Crippen LogP contribution in [0.3, 0.4) is 0 Å². The molecule has 2 fully saturated rings. The van der Waals surface area contributed by atoms with Crippen molar-refractivity contribution in [2.75, 3.05) is 31.2 Å². The van der Waals surface area contributed by atoms with Crippen LogP contribution in [0.15, 0.2) is 11.6 Å². The molecule has 1 spiro atoms. The second-order valence-corrected chi connectivity index (χ2v) is 7.15. The molecule has 2 aliphatic heterocycles. The van der Waals surface area contributed by atoms with Crippen molar-refractivity contribution in [2.24, 2.45) is 5.92 Å². The number of hydrogen-bond acceptors (Lipinski definition) is 3. The van der Waals surface area contributed by atoms with Gasteiger partial charge in [0.15, 0.2) is 0 Å². The van der Waals surface area contributed by atoms with Crippen molar-refractivity contribution in [3.63, 3.8) is 0 Å². The maximum atomic E-state index is 6.18. The second-order valence-electron chi connectivity index (χ2n) is 5.92. The Morgan fingerprint density at radius 3 is 2.95 bits per heavy atom. The fourth-order valence-electron chi connectivity index (χ4n) is 3.25. The molecule has 19 heavy (non-hydrogen) atoms. The molecule has 2 heterocycles. The van der Waals surface area contributed by atoms with E-state index in [-0.39, 0.29) is 5.60 Å². The van der Waals surface area contributed by atoms with Crippen LogP contribution in [-0.4, -0.2) is 36.8 Å². The second kappa shape index (κ2) is 7.70. The number of nitrogens with one attached hydrogen (secondary N) is 1. The quantitative estimate of drug-likeness (QED) is 0.615. The summed E-state index contributed by atoms with van der Waals surface area (Å²) in [4.78, 5) is 0. The zero-order valence-corrected chi connectivity index (χ0v) is 13.4. The van der Waals surface area contributed by atoms with Gasteiger partial charge in [-0.05, 0) is 69.5 Å². The largest absolute Gasteiger partial charge is 0.375 e. The van der Waals surface area contributed by atoms with Crippen molar-refractivity contribution in [3.05, 3.63) is 11.6 Å². The first-order valence-corrected chi connectivity index (χ1v) is 9.00. The van der Waals surface area contributed by atoms with Gasteiger partial charge in [-0.3, -0.25) is 0 Å². The van der Waals surface area contributed by atoms with Crippen LogP contribution in [0.5, 0.6) is 0 Å². The average Bonchev–Trinajstić information content (AvgIpc) is 2.44. The van der Waals surface area contributed by atoms with E-state index in [4.69, 9.17) is 4.74 Å². The molecule has 2 aliphatic rings. The molecule has 0 aromatic rings. The molecule has 1 atom stereocenters. The first-order chi connectivity index (χ1) is 9.26. The summed E-state index contributed by atoms with van der Waals surface area (Å²) in [5.41, 5.74) is 1.82. The Morgan fingerprint density at radius 2 is 2.21 bits per heavy atom. The predicted octanol–water partition coefficient (Wildman–Crippen LogP) is 3.62. The van der Waals surface area contributed by atoms with E-state index in [9.17, 15) is 0 Å². The maximum absolute atomic E-state index is 6.18. The lowest BCUT2D eigenvalue weighted by Crippen LogP contribution is -2.43. The highest BCUT2D eigenvalue weighted by atomic mass is 32.2. The van der Waals surface area contributed by atoms with Gasteiger partial charge < -0.3 is 10.1 Å². The summed E-state index contributed by atoms with van der Waals surface area (Å²) in [6, 6.07) is 0. The molecule has 3 heteroatoms. The number of allylic oxidation sites excluding steroid dienone is 1. The molecule has 2 saturated heterocycles. The van der Waals surface area contributed by atoms with Crippen LogP contribution in [0.4, 0.5) is 0 Å². The van der Waals surface area contributed by atoms with Crippen molar-refractivity contribution >= 4 is 11.8 Å². The summed E-state index contributed by atoms with van der Waals surface area (Å²) >= 11 is 2.09. The van der Waals surface area contributed by atoms with Gasteiger partial charge in [0, 0.05) is 6.61 Å². The standard InChI is InChI=1S/C16H29NOS/c1-3-17-9-4-5-14(2)15-6-10-18-16(13-15)7-11-19-12-8-16/h5,15,17H,3-4,6-13H2,1-2H3. The zero-order valence-electron chi connectivity index (χ0n) is 12.5. The van der Waals surface area contributed by atoms with Gasteiger partial charge in [-0.25, -0.2) is 0 Å². The smallest absolute Gasteiger partial charge is 0.0704 e. The molecule has 1 unspecified atom stereocenters. The van der Waals surface area contributed by atoms with E-state index in [1.54, 1.807) is 5.57 Å². The Morgan fingerprint density at radius 1 is 1.42 bits per heavy atom. The predicted molar refractivity (Wildman–Crippen MR) is 84.9 cm³/mol. The van der Waals surface area contributed by atoms with E-state index < -0.39 is 0 Å². The minimum Gasteiger partial charge on any atom is -0.375 e. The molecule has 0 aromatic heterocycles. The van der Waals surface area contributed by atoms with Gasteiger partial charge in [0.05, 0.1) is 5.60 Å². The SMILES string of the molecule is CCNCCC=C(C)C1CCOC2(CCSCC2)C1. The highest BCUT2D eigenvalue weighted by Gasteiger charge is 2.38. The highest BCUT2D eigenvalue weighted by molar-refractivity contribution is 7.99. The van der Waals surface area contributed by atoms with E-state index in [1.165, 1.54) is 43.6 Å². The third kappa shape index (κ3) is 4.51. The first kappa shape index (κ1) is 15.4. The minimum absolute atomic E-state index is 0.227. The normalized spacial score (nSPS) is 27.7. The lowest BCUT2D eigenvalue weighted by Gasteiger charge is -2.43. The summed E-state index contributed by atoms with van der Waals surface area (Å²) in [6.07, 6.45) is 8.62. The number of rotatable bonds is 5. The van der Waals surface area contributed by atoms with Crippen LogP contribution in [0, 0.1) is 5.92 Å². The molecule has 110 valence electrons. The summed E-state index contributed by atoms with van der Waals surface area (Å²) in [5, 5.41) is 3.39. The topological polar surface area (TPSA) is 21.3 Å².